The van der Waals surface area contributed by atoms with E-state index in [0.717, 1.165) is 0 Å². The molecule has 0 aliphatic carbocycles. The van der Waals surface area contributed by atoms with E-state index in [-0.39, 0.29) is 29.0 Å². The van der Waals surface area contributed by atoms with Crippen molar-refractivity contribution in [3.63, 3.8) is 0 Å². The Hall–Kier alpha value is -2.96. The molecule has 0 amide bonds. The van der Waals surface area contributed by atoms with Gasteiger partial charge in [0.2, 0.25) is 5.71 Å². The third kappa shape index (κ3) is 2.26. The molecule has 0 aliphatic heterocycles. The SMILES string of the molecule is Cc1oc2ncn(Cc3cccc(F)c3)c(=O)c2c1C(=O)O. The molecule has 0 aliphatic rings. The molecule has 0 saturated heterocycles. The van der Waals surface area contributed by atoms with E-state index in [1.165, 1.54) is 36.0 Å². The Morgan fingerprint density at radius 1 is 1.45 bits per heavy atom. The predicted octanol–water partition coefficient (Wildman–Crippen LogP) is 2.18. The summed E-state index contributed by atoms with van der Waals surface area (Å²) in [5, 5.41) is 9.13. The number of carbonyl (C=O) groups is 1. The lowest BCUT2D eigenvalue weighted by atomic mass is 10.2. The minimum Gasteiger partial charge on any atom is -0.478 e. The van der Waals surface area contributed by atoms with Crippen LogP contribution in [0.25, 0.3) is 11.1 Å². The molecule has 0 fully saturated rings. The van der Waals surface area contributed by atoms with Crippen LogP contribution >= 0.6 is 0 Å². The predicted molar refractivity (Wildman–Crippen MR) is 75.5 cm³/mol. The Kier molecular flexibility index (Phi) is 3.25. The van der Waals surface area contributed by atoms with Crippen LogP contribution in [0.2, 0.25) is 0 Å². The van der Waals surface area contributed by atoms with Gasteiger partial charge in [0.1, 0.15) is 28.9 Å². The number of carboxylic acid groups (broad SMARTS) is 1. The normalized spacial score (nSPS) is 11.0. The summed E-state index contributed by atoms with van der Waals surface area (Å²) in [5.41, 5.74) is -0.180. The van der Waals surface area contributed by atoms with Crippen LogP contribution < -0.4 is 5.56 Å². The largest absolute Gasteiger partial charge is 0.478 e. The molecule has 0 atom stereocenters. The van der Waals surface area contributed by atoms with E-state index in [1.54, 1.807) is 6.07 Å². The van der Waals surface area contributed by atoms with Crippen LogP contribution in [-0.4, -0.2) is 20.6 Å². The summed E-state index contributed by atoms with van der Waals surface area (Å²) in [4.78, 5) is 27.7. The van der Waals surface area contributed by atoms with Crippen molar-refractivity contribution < 1.29 is 18.7 Å². The monoisotopic (exact) mass is 302 g/mol. The molecule has 6 nitrogen and oxygen atoms in total. The van der Waals surface area contributed by atoms with Crippen molar-refractivity contribution in [2.24, 2.45) is 0 Å². The molecule has 1 N–H and O–H groups in total. The van der Waals surface area contributed by atoms with E-state index in [4.69, 9.17) is 4.42 Å². The molecule has 112 valence electrons. The molecule has 0 saturated carbocycles. The average Bonchev–Trinajstić information content (AvgIpc) is 2.79. The first-order valence-corrected chi connectivity index (χ1v) is 6.43. The van der Waals surface area contributed by atoms with Crippen LogP contribution in [0.15, 0.2) is 39.8 Å². The molecule has 0 radical (unpaired) electrons. The summed E-state index contributed by atoms with van der Waals surface area (Å²) in [5.74, 6) is -1.54. The fourth-order valence-corrected chi connectivity index (χ4v) is 2.34. The first-order valence-electron chi connectivity index (χ1n) is 6.43. The van der Waals surface area contributed by atoms with Crippen molar-refractivity contribution in [3.05, 3.63) is 63.7 Å². The lowest BCUT2D eigenvalue weighted by Gasteiger charge is -2.05. The second kappa shape index (κ2) is 5.10. The fraction of sp³-hybridized carbons (Fsp3) is 0.133. The Bertz CT molecular complexity index is 942. The van der Waals surface area contributed by atoms with Gasteiger partial charge in [-0.3, -0.25) is 9.36 Å². The van der Waals surface area contributed by atoms with Crippen molar-refractivity contribution in [2.45, 2.75) is 13.5 Å². The number of carboxylic acids is 1. The number of aromatic nitrogens is 2. The molecule has 3 aromatic rings. The van der Waals surface area contributed by atoms with Crippen LogP contribution in [0, 0.1) is 12.7 Å². The van der Waals surface area contributed by atoms with Gasteiger partial charge in [-0.1, -0.05) is 12.1 Å². The molecule has 0 unspecified atom stereocenters. The maximum absolute atomic E-state index is 13.2. The summed E-state index contributed by atoms with van der Waals surface area (Å²) >= 11 is 0. The average molecular weight is 302 g/mol. The smallest absolute Gasteiger partial charge is 0.340 e. The minimum absolute atomic E-state index is 0.0182. The third-order valence-electron chi connectivity index (χ3n) is 3.31. The van der Waals surface area contributed by atoms with Crippen molar-refractivity contribution in [1.82, 2.24) is 9.55 Å². The molecule has 2 heterocycles. The van der Waals surface area contributed by atoms with Crippen LogP contribution in [0.4, 0.5) is 4.39 Å². The van der Waals surface area contributed by atoms with Gasteiger partial charge in [-0.25, -0.2) is 14.2 Å². The molecule has 7 heteroatoms. The highest BCUT2D eigenvalue weighted by atomic mass is 19.1. The highest BCUT2D eigenvalue weighted by molar-refractivity contribution is 6.02. The van der Waals surface area contributed by atoms with Crippen molar-refractivity contribution in [1.29, 1.82) is 0 Å². The second-order valence-corrected chi connectivity index (χ2v) is 4.83. The van der Waals surface area contributed by atoms with E-state index >= 15 is 0 Å². The number of rotatable bonds is 3. The number of halogens is 1. The van der Waals surface area contributed by atoms with Gasteiger partial charge in [-0.05, 0) is 24.6 Å². The topological polar surface area (TPSA) is 85.3 Å². The highest BCUT2D eigenvalue weighted by Gasteiger charge is 2.22. The van der Waals surface area contributed by atoms with Gasteiger partial charge >= 0.3 is 5.97 Å². The molecule has 0 spiro atoms. The fourth-order valence-electron chi connectivity index (χ4n) is 2.34. The first kappa shape index (κ1) is 14.0. The summed E-state index contributed by atoms with van der Waals surface area (Å²) in [6, 6.07) is 5.80. The number of fused-ring (bicyclic) bond motifs is 1. The lowest BCUT2D eigenvalue weighted by molar-refractivity contribution is 0.0697. The van der Waals surface area contributed by atoms with Crippen molar-refractivity contribution in [2.75, 3.05) is 0 Å². The Labute approximate surface area is 123 Å². The van der Waals surface area contributed by atoms with E-state index in [1.807, 2.05) is 0 Å². The molecule has 1 aromatic carbocycles. The van der Waals surface area contributed by atoms with E-state index in [9.17, 15) is 19.1 Å². The first-order chi connectivity index (χ1) is 10.5. The van der Waals surface area contributed by atoms with Crippen molar-refractivity contribution >= 4 is 17.1 Å². The second-order valence-electron chi connectivity index (χ2n) is 4.83. The van der Waals surface area contributed by atoms with Gasteiger partial charge in [0.15, 0.2) is 0 Å². The van der Waals surface area contributed by atoms with Gasteiger partial charge in [0, 0.05) is 0 Å². The molecular formula is C15H11FN2O4. The number of benzene rings is 1. The van der Waals surface area contributed by atoms with Crippen LogP contribution in [0.5, 0.6) is 0 Å². The maximum atomic E-state index is 13.2. The minimum atomic E-state index is -1.25. The molecule has 3 rings (SSSR count). The van der Waals surface area contributed by atoms with Gasteiger partial charge in [-0.15, -0.1) is 0 Å². The number of hydrogen-bond acceptors (Lipinski definition) is 4. The molecule has 22 heavy (non-hydrogen) atoms. The zero-order chi connectivity index (χ0) is 15.9. The summed E-state index contributed by atoms with van der Waals surface area (Å²) in [6.45, 7) is 1.55. The number of hydrogen-bond donors (Lipinski definition) is 1. The Balaban J connectivity index is 2.16. The van der Waals surface area contributed by atoms with E-state index in [0.29, 0.717) is 5.56 Å². The van der Waals surface area contributed by atoms with E-state index in [2.05, 4.69) is 4.98 Å². The van der Waals surface area contributed by atoms with Crippen LogP contribution in [-0.2, 0) is 6.54 Å². The molecular weight excluding hydrogens is 291 g/mol. The van der Waals surface area contributed by atoms with Crippen LogP contribution in [0.1, 0.15) is 21.7 Å². The van der Waals surface area contributed by atoms with Crippen molar-refractivity contribution in [3.8, 4) is 0 Å². The quantitative estimate of drug-likeness (QED) is 0.801. The standard InChI is InChI=1S/C15H11FN2O4/c1-8-11(15(20)21)12-13(22-8)17-7-18(14(12)19)6-9-3-2-4-10(16)5-9/h2-5,7H,6H2,1H3,(H,20,21). The summed E-state index contributed by atoms with van der Waals surface area (Å²) in [6.07, 6.45) is 1.25. The van der Waals surface area contributed by atoms with Crippen LogP contribution in [0.3, 0.4) is 0 Å². The summed E-state index contributed by atoms with van der Waals surface area (Å²) < 4.78 is 19.6. The van der Waals surface area contributed by atoms with Gasteiger partial charge in [-0.2, -0.15) is 0 Å². The van der Waals surface area contributed by atoms with E-state index < -0.39 is 17.3 Å². The number of aromatic carboxylic acids is 1. The van der Waals surface area contributed by atoms with Gasteiger partial charge < -0.3 is 9.52 Å². The number of aryl methyl sites for hydroxylation is 1. The molecule has 2 aromatic heterocycles. The molecule has 0 bridgehead atoms. The third-order valence-corrected chi connectivity index (χ3v) is 3.31. The number of furan rings is 1. The Morgan fingerprint density at radius 2 is 2.23 bits per heavy atom. The zero-order valence-corrected chi connectivity index (χ0v) is 11.5. The Morgan fingerprint density at radius 3 is 2.91 bits per heavy atom. The van der Waals surface area contributed by atoms with Gasteiger partial charge in [0.05, 0.1) is 6.54 Å². The zero-order valence-electron chi connectivity index (χ0n) is 11.5. The lowest BCUT2D eigenvalue weighted by Crippen LogP contribution is -2.22. The van der Waals surface area contributed by atoms with Gasteiger partial charge in [0.25, 0.3) is 5.56 Å². The highest BCUT2D eigenvalue weighted by Crippen LogP contribution is 2.20. The summed E-state index contributed by atoms with van der Waals surface area (Å²) in [7, 11) is 0. The maximum Gasteiger partial charge on any atom is 0.340 e. The number of nitrogens with zero attached hydrogens (tertiary/aromatic N) is 2.